The number of carbonyl (C=O) groups is 1. The lowest BCUT2D eigenvalue weighted by atomic mass is 10.2. The fourth-order valence-electron chi connectivity index (χ4n) is 0.398. The van der Waals surface area contributed by atoms with Gasteiger partial charge in [-0.3, -0.25) is 0 Å². The second-order valence-corrected chi connectivity index (χ2v) is 2.23. The fourth-order valence-corrected chi connectivity index (χ4v) is 0.845. The van der Waals surface area contributed by atoms with Gasteiger partial charge in [0.1, 0.15) is 0 Å². The van der Waals surface area contributed by atoms with Gasteiger partial charge in [-0.1, -0.05) is 6.92 Å². The van der Waals surface area contributed by atoms with Crippen LogP contribution in [0.25, 0.3) is 0 Å². The van der Waals surface area contributed by atoms with Crippen LogP contribution in [-0.4, -0.2) is 25.5 Å². The topological polar surface area (TPSA) is 83.8 Å². The molecule has 0 radical (unpaired) electrons. The SMILES string of the molecule is CCC(N=S(=O)=O)C(=O)O. The monoisotopic (exact) mass is 165 g/mol. The zero-order valence-corrected chi connectivity index (χ0v) is 6.13. The van der Waals surface area contributed by atoms with E-state index in [1.807, 2.05) is 0 Å². The third kappa shape index (κ3) is 3.18. The smallest absolute Gasteiger partial charge is 0.329 e. The number of hydrogen-bond acceptors (Lipinski definition) is 4. The Morgan fingerprint density at radius 2 is 2.20 bits per heavy atom. The van der Waals surface area contributed by atoms with Gasteiger partial charge in [0, 0.05) is 0 Å². The fraction of sp³-hybridized carbons (Fsp3) is 0.750. The molecule has 0 amide bonds. The highest BCUT2D eigenvalue weighted by molar-refractivity contribution is 7.61. The van der Waals surface area contributed by atoms with Crippen LogP contribution in [0.5, 0.6) is 0 Å². The molecule has 0 rings (SSSR count). The minimum Gasteiger partial charge on any atom is -0.480 e. The molecule has 0 aliphatic carbocycles. The Morgan fingerprint density at radius 3 is 2.30 bits per heavy atom. The van der Waals surface area contributed by atoms with E-state index in [4.69, 9.17) is 5.11 Å². The van der Waals surface area contributed by atoms with Crippen molar-refractivity contribution < 1.29 is 18.3 Å². The van der Waals surface area contributed by atoms with Crippen molar-refractivity contribution in [3.05, 3.63) is 0 Å². The lowest BCUT2D eigenvalue weighted by Gasteiger charge is -1.96. The maximum atomic E-state index is 10.1. The molecule has 0 aromatic carbocycles. The van der Waals surface area contributed by atoms with Gasteiger partial charge in [-0.25, -0.2) is 4.79 Å². The van der Waals surface area contributed by atoms with Crippen LogP contribution in [0.2, 0.25) is 0 Å². The normalized spacial score (nSPS) is 12.1. The van der Waals surface area contributed by atoms with Crippen molar-refractivity contribution in [1.82, 2.24) is 0 Å². The maximum absolute atomic E-state index is 10.1. The van der Waals surface area contributed by atoms with Crippen molar-refractivity contribution in [3.8, 4) is 0 Å². The van der Waals surface area contributed by atoms with E-state index in [2.05, 4.69) is 4.36 Å². The van der Waals surface area contributed by atoms with E-state index >= 15 is 0 Å². The summed E-state index contributed by atoms with van der Waals surface area (Å²) in [4.78, 5) is 10.1. The van der Waals surface area contributed by atoms with E-state index in [1.54, 1.807) is 6.92 Å². The van der Waals surface area contributed by atoms with Gasteiger partial charge in [0.05, 0.1) is 0 Å². The molecule has 0 bridgehead atoms. The van der Waals surface area contributed by atoms with Gasteiger partial charge in [-0.2, -0.15) is 12.8 Å². The van der Waals surface area contributed by atoms with Gasteiger partial charge in [0.2, 0.25) is 0 Å². The molecular formula is C4H7NO4S. The first-order valence-corrected chi connectivity index (χ1v) is 3.64. The third-order valence-electron chi connectivity index (χ3n) is 0.885. The number of carboxylic acid groups (broad SMARTS) is 1. The van der Waals surface area contributed by atoms with Crippen LogP contribution < -0.4 is 0 Å². The van der Waals surface area contributed by atoms with Crippen molar-refractivity contribution in [2.75, 3.05) is 0 Å². The molecular weight excluding hydrogens is 158 g/mol. The van der Waals surface area contributed by atoms with E-state index in [1.165, 1.54) is 0 Å². The maximum Gasteiger partial charge on any atom is 0.329 e. The van der Waals surface area contributed by atoms with Crippen LogP contribution in [0, 0.1) is 0 Å². The summed E-state index contributed by atoms with van der Waals surface area (Å²) in [5.41, 5.74) is 0. The van der Waals surface area contributed by atoms with Crippen LogP contribution in [0.4, 0.5) is 0 Å². The molecule has 1 atom stereocenters. The van der Waals surface area contributed by atoms with Gasteiger partial charge < -0.3 is 5.11 Å². The number of nitrogens with zero attached hydrogens (tertiary/aromatic N) is 1. The highest BCUT2D eigenvalue weighted by atomic mass is 32.2. The van der Waals surface area contributed by atoms with Crippen LogP contribution in [0.3, 0.4) is 0 Å². The molecule has 6 heteroatoms. The minimum absolute atomic E-state index is 0.184. The molecule has 0 fully saturated rings. The molecule has 1 unspecified atom stereocenters. The van der Waals surface area contributed by atoms with E-state index in [-0.39, 0.29) is 6.42 Å². The van der Waals surface area contributed by atoms with Crippen LogP contribution in [0.15, 0.2) is 4.36 Å². The zero-order chi connectivity index (χ0) is 8.15. The van der Waals surface area contributed by atoms with E-state index in [0.717, 1.165) is 0 Å². The quantitative estimate of drug-likeness (QED) is 0.633. The Bertz CT molecular complexity index is 234. The van der Waals surface area contributed by atoms with Crippen molar-refractivity contribution in [1.29, 1.82) is 0 Å². The van der Waals surface area contributed by atoms with E-state index < -0.39 is 22.5 Å². The number of rotatable bonds is 3. The molecule has 0 saturated carbocycles. The zero-order valence-electron chi connectivity index (χ0n) is 5.31. The summed E-state index contributed by atoms with van der Waals surface area (Å²) < 4.78 is 22.6. The van der Waals surface area contributed by atoms with Crippen molar-refractivity contribution in [2.24, 2.45) is 4.36 Å². The van der Waals surface area contributed by atoms with Gasteiger partial charge in [0.15, 0.2) is 6.04 Å². The first-order valence-electron chi connectivity index (χ1n) is 2.61. The average molecular weight is 165 g/mol. The lowest BCUT2D eigenvalue weighted by Crippen LogP contribution is -2.15. The van der Waals surface area contributed by atoms with Crippen LogP contribution >= 0.6 is 0 Å². The average Bonchev–Trinajstić information content (AvgIpc) is 1.81. The second kappa shape index (κ2) is 3.99. The van der Waals surface area contributed by atoms with Gasteiger partial charge >= 0.3 is 16.5 Å². The molecule has 0 aliphatic heterocycles. The first kappa shape index (κ1) is 9.09. The van der Waals surface area contributed by atoms with Crippen molar-refractivity contribution in [2.45, 2.75) is 19.4 Å². The largest absolute Gasteiger partial charge is 0.480 e. The van der Waals surface area contributed by atoms with Crippen LogP contribution in [-0.2, 0) is 15.3 Å². The van der Waals surface area contributed by atoms with Crippen LogP contribution in [0.1, 0.15) is 13.3 Å². The Kier molecular flexibility index (Phi) is 3.63. The van der Waals surface area contributed by atoms with Crippen molar-refractivity contribution >= 4 is 16.5 Å². The summed E-state index contributed by atoms with van der Waals surface area (Å²) in [5.74, 6) is -1.22. The predicted molar refractivity (Wildman–Crippen MR) is 33.1 cm³/mol. The molecule has 0 saturated heterocycles. The summed E-state index contributed by atoms with van der Waals surface area (Å²) >= 11 is 0. The Balaban J connectivity index is 4.39. The summed E-state index contributed by atoms with van der Waals surface area (Å²) in [6, 6.07) is -1.13. The summed E-state index contributed by atoms with van der Waals surface area (Å²) in [7, 11) is -2.62. The molecule has 5 nitrogen and oxygen atoms in total. The highest BCUT2D eigenvalue weighted by Crippen LogP contribution is 1.95. The lowest BCUT2D eigenvalue weighted by molar-refractivity contribution is -0.138. The molecule has 0 heterocycles. The predicted octanol–water partition coefficient (Wildman–Crippen LogP) is -0.0877. The molecule has 10 heavy (non-hydrogen) atoms. The van der Waals surface area contributed by atoms with Gasteiger partial charge in [-0.05, 0) is 6.42 Å². The standard InChI is InChI=1S/C4H7NO4S/c1-2-3(4(6)7)5-10(8)9/h3H,2H2,1H3,(H,6,7). The molecule has 0 aliphatic rings. The Labute approximate surface area is 59.4 Å². The van der Waals surface area contributed by atoms with Gasteiger partial charge in [-0.15, -0.1) is 0 Å². The molecule has 0 aromatic heterocycles. The number of hydrogen-bond donors (Lipinski definition) is 1. The Hall–Kier alpha value is -0.910. The minimum atomic E-state index is -2.62. The molecule has 0 spiro atoms. The van der Waals surface area contributed by atoms with E-state index in [9.17, 15) is 13.2 Å². The highest BCUT2D eigenvalue weighted by Gasteiger charge is 2.12. The van der Waals surface area contributed by atoms with Gasteiger partial charge in [0.25, 0.3) is 0 Å². The number of carboxylic acids is 1. The number of aliphatic carboxylic acids is 1. The third-order valence-corrected chi connectivity index (χ3v) is 1.31. The first-order chi connectivity index (χ1) is 4.57. The van der Waals surface area contributed by atoms with Crippen molar-refractivity contribution in [3.63, 3.8) is 0 Å². The molecule has 1 N–H and O–H groups in total. The second-order valence-electron chi connectivity index (χ2n) is 1.58. The molecule has 0 aromatic rings. The summed E-state index contributed by atoms with van der Waals surface area (Å²) in [6.07, 6.45) is 0.184. The summed E-state index contributed by atoms with van der Waals surface area (Å²) in [6.45, 7) is 1.55. The van der Waals surface area contributed by atoms with E-state index in [0.29, 0.717) is 0 Å². The summed E-state index contributed by atoms with van der Waals surface area (Å²) in [5, 5.41) is 8.26. The Morgan fingerprint density at radius 1 is 1.70 bits per heavy atom. The molecule has 58 valence electrons.